The summed E-state index contributed by atoms with van der Waals surface area (Å²) in [7, 11) is 0. The first kappa shape index (κ1) is 50.3. The van der Waals surface area contributed by atoms with E-state index in [0.29, 0.717) is 35.8 Å². The lowest BCUT2D eigenvalue weighted by Crippen LogP contribution is -2.11. The summed E-state index contributed by atoms with van der Waals surface area (Å²) >= 11 is 0. The maximum Gasteiger partial charge on any atom is 0.343 e. The fourth-order valence-electron chi connectivity index (χ4n) is 7.03. The minimum atomic E-state index is -0.662. The van der Waals surface area contributed by atoms with Gasteiger partial charge in [-0.2, -0.15) is 0 Å². The number of benzene rings is 5. The first-order chi connectivity index (χ1) is 32.3. The number of ether oxygens (including phenoxy) is 6. The van der Waals surface area contributed by atoms with Crippen molar-refractivity contribution >= 4 is 23.9 Å². The molecule has 0 unspecified atom stereocenters. The lowest BCUT2D eigenvalue weighted by atomic mass is 10.1. The summed E-state index contributed by atoms with van der Waals surface area (Å²) in [6.45, 7) is 7.26. The first-order valence-corrected chi connectivity index (χ1v) is 23.6. The fraction of sp³-hybridized carbons (Fsp3) is 0.357. The van der Waals surface area contributed by atoms with Gasteiger partial charge in [-0.3, -0.25) is 0 Å². The third-order valence-corrected chi connectivity index (χ3v) is 10.8. The molecule has 0 aliphatic heterocycles. The molecule has 0 N–H and O–H groups in total. The van der Waals surface area contributed by atoms with Gasteiger partial charge in [-0.05, 0) is 135 Å². The molecule has 5 aromatic rings. The van der Waals surface area contributed by atoms with E-state index < -0.39 is 23.9 Å². The zero-order valence-electron chi connectivity index (χ0n) is 38.3. The van der Waals surface area contributed by atoms with Crippen molar-refractivity contribution in [2.45, 2.75) is 116 Å². The van der Waals surface area contributed by atoms with Gasteiger partial charge in [0.25, 0.3) is 0 Å². The summed E-state index contributed by atoms with van der Waals surface area (Å²) in [5, 5.41) is 0. The molecule has 0 aliphatic carbocycles. The van der Waals surface area contributed by atoms with Crippen molar-refractivity contribution in [1.29, 1.82) is 0 Å². The summed E-state index contributed by atoms with van der Waals surface area (Å²) in [5.74, 6) is -0.192. The smallest absolute Gasteiger partial charge is 0.343 e. The molecule has 5 aromatic carbocycles. The van der Waals surface area contributed by atoms with Gasteiger partial charge in [0, 0.05) is 6.07 Å². The van der Waals surface area contributed by atoms with Crippen molar-refractivity contribution in [1.82, 2.24) is 0 Å². The number of rotatable bonds is 30. The molecule has 0 atom stereocenters. The minimum absolute atomic E-state index is 0.152. The van der Waals surface area contributed by atoms with E-state index >= 15 is 0 Å². The van der Waals surface area contributed by atoms with E-state index in [9.17, 15) is 19.2 Å². The molecule has 10 nitrogen and oxygen atoms in total. The van der Waals surface area contributed by atoms with Gasteiger partial charge in [0.1, 0.15) is 34.5 Å². The average Bonchev–Trinajstić information content (AvgIpc) is 3.33. The Morgan fingerprint density at radius 1 is 0.379 bits per heavy atom. The number of hydrogen-bond acceptors (Lipinski definition) is 10. The highest BCUT2D eigenvalue weighted by Gasteiger charge is 2.15. The van der Waals surface area contributed by atoms with Crippen molar-refractivity contribution < 1.29 is 47.6 Å². The number of unbranched alkanes of at least 4 members (excludes halogenated alkanes) is 15. The Hall–Kier alpha value is -6.68. The van der Waals surface area contributed by atoms with Crippen molar-refractivity contribution in [3.8, 4) is 34.5 Å². The van der Waals surface area contributed by atoms with Crippen LogP contribution in [-0.4, -0.2) is 37.1 Å². The number of carbonyl (C=O) groups is 4. The lowest BCUT2D eigenvalue weighted by molar-refractivity contribution is 0.0723. The van der Waals surface area contributed by atoms with E-state index in [1.807, 2.05) is 6.08 Å². The normalized spacial score (nSPS) is 10.7. The Labute approximate surface area is 390 Å². The highest BCUT2D eigenvalue weighted by atomic mass is 16.6. The van der Waals surface area contributed by atoms with E-state index in [1.165, 1.54) is 132 Å². The number of hydrogen-bond donors (Lipinski definition) is 0. The average molecular weight is 897 g/mol. The summed E-state index contributed by atoms with van der Waals surface area (Å²) in [5.41, 5.74) is 1.17. The Balaban J connectivity index is 0.988. The van der Waals surface area contributed by atoms with Crippen LogP contribution >= 0.6 is 0 Å². The molecule has 66 heavy (non-hydrogen) atoms. The van der Waals surface area contributed by atoms with Crippen molar-refractivity contribution in [3.63, 3.8) is 0 Å². The summed E-state index contributed by atoms with van der Waals surface area (Å²) < 4.78 is 33.8. The van der Waals surface area contributed by atoms with E-state index in [-0.39, 0.29) is 34.1 Å². The zero-order valence-corrected chi connectivity index (χ0v) is 38.3. The van der Waals surface area contributed by atoms with Crippen LogP contribution < -0.4 is 28.4 Å². The van der Waals surface area contributed by atoms with E-state index in [2.05, 4.69) is 13.5 Å². The monoisotopic (exact) mass is 896 g/mol. The molecule has 0 heterocycles. The van der Waals surface area contributed by atoms with Crippen LogP contribution in [0.3, 0.4) is 0 Å². The number of carbonyl (C=O) groups excluding carboxylic acids is 4. The second-order valence-corrected chi connectivity index (χ2v) is 16.2. The standard InChI is InChI=1S/C56H64O10/c1-3-5-7-9-11-13-15-17-19-40-61-47-32-24-43(25-33-47)53(57)63-49-36-28-45(29-37-49)55(59)65-51-22-21-23-52(42-51)66-56(60)46-30-38-50(39-31-46)64-54(58)44-26-34-48(35-27-44)62-41-20-18-16-14-12-10-8-6-4-2/h3,21-39,42H,1,4-20,40-41H2,2H3. The van der Waals surface area contributed by atoms with Gasteiger partial charge in [-0.15, -0.1) is 6.58 Å². The highest BCUT2D eigenvalue weighted by molar-refractivity contribution is 5.94. The van der Waals surface area contributed by atoms with Gasteiger partial charge < -0.3 is 28.4 Å². The summed E-state index contributed by atoms with van der Waals surface area (Å²) in [6.07, 6.45) is 22.6. The van der Waals surface area contributed by atoms with Gasteiger partial charge in [0.2, 0.25) is 0 Å². The maximum absolute atomic E-state index is 13.0. The van der Waals surface area contributed by atoms with Crippen LogP contribution in [0.15, 0.2) is 134 Å². The van der Waals surface area contributed by atoms with Crippen LogP contribution in [0.2, 0.25) is 0 Å². The van der Waals surface area contributed by atoms with Crippen molar-refractivity contribution in [3.05, 3.63) is 156 Å². The van der Waals surface area contributed by atoms with E-state index in [4.69, 9.17) is 28.4 Å². The lowest BCUT2D eigenvalue weighted by Gasteiger charge is -2.09. The zero-order chi connectivity index (χ0) is 46.6. The molecule has 0 aliphatic rings. The molecule has 0 bridgehead atoms. The Kier molecular flexibility index (Phi) is 22.1. The molecule has 0 aromatic heterocycles. The largest absolute Gasteiger partial charge is 0.494 e. The molecule has 348 valence electrons. The SMILES string of the molecule is C=CCCCCCCCCCOc1ccc(C(=O)Oc2ccc(C(=O)Oc3cccc(OC(=O)c4ccc(OC(=O)c5ccc(OCCCCCCCCCCC)cc5)cc4)c3)cc2)cc1. The van der Waals surface area contributed by atoms with Crippen LogP contribution in [0.25, 0.3) is 0 Å². The first-order valence-electron chi connectivity index (χ1n) is 23.6. The second-order valence-electron chi connectivity index (χ2n) is 16.2. The molecular weight excluding hydrogens is 833 g/mol. The van der Waals surface area contributed by atoms with Gasteiger partial charge in [0.15, 0.2) is 0 Å². The van der Waals surface area contributed by atoms with Gasteiger partial charge in [0.05, 0.1) is 35.5 Å². The van der Waals surface area contributed by atoms with Crippen LogP contribution in [0, 0.1) is 0 Å². The van der Waals surface area contributed by atoms with Crippen molar-refractivity contribution in [2.75, 3.05) is 13.2 Å². The molecule has 10 heteroatoms. The maximum atomic E-state index is 13.0. The van der Waals surface area contributed by atoms with Crippen molar-refractivity contribution in [2.24, 2.45) is 0 Å². The van der Waals surface area contributed by atoms with Crippen LogP contribution in [0.1, 0.15) is 158 Å². The Morgan fingerprint density at radius 2 is 0.682 bits per heavy atom. The summed E-state index contributed by atoms with van der Waals surface area (Å²) in [6, 6.07) is 31.7. The molecule has 0 fully saturated rings. The molecular formula is C56H64O10. The fourth-order valence-corrected chi connectivity index (χ4v) is 7.03. The predicted molar refractivity (Wildman–Crippen MR) is 257 cm³/mol. The molecule has 0 radical (unpaired) electrons. The van der Waals surface area contributed by atoms with E-state index in [1.54, 1.807) is 66.7 Å². The number of allylic oxidation sites excluding steroid dienone is 1. The van der Waals surface area contributed by atoms with Crippen LogP contribution in [-0.2, 0) is 0 Å². The molecule has 5 rings (SSSR count). The quantitative estimate of drug-likeness (QED) is 0.0190. The third kappa shape index (κ3) is 18.4. The number of esters is 4. The molecule has 0 saturated heterocycles. The van der Waals surface area contributed by atoms with E-state index in [0.717, 1.165) is 32.1 Å². The Morgan fingerprint density at radius 3 is 1.03 bits per heavy atom. The third-order valence-electron chi connectivity index (χ3n) is 10.8. The van der Waals surface area contributed by atoms with Crippen LogP contribution in [0.5, 0.6) is 34.5 Å². The van der Waals surface area contributed by atoms with Crippen LogP contribution in [0.4, 0.5) is 0 Å². The molecule has 0 amide bonds. The van der Waals surface area contributed by atoms with Gasteiger partial charge in [-0.1, -0.05) is 103 Å². The van der Waals surface area contributed by atoms with Gasteiger partial charge in [-0.25, -0.2) is 19.2 Å². The summed E-state index contributed by atoms with van der Waals surface area (Å²) in [4.78, 5) is 51.5. The predicted octanol–water partition coefficient (Wildman–Crippen LogP) is 14.2. The molecule has 0 spiro atoms. The second kappa shape index (κ2) is 29.0. The highest BCUT2D eigenvalue weighted by Crippen LogP contribution is 2.24. The van der Waals surface area contributed by atoms with Gasteiger partial charge >= 0.3 is 23.9 Å². The topological polar surface area (TPSA) is 124 Å². The minimum Gasteiger partial charge on any atom is -0.494 e. The molecule has 0 saturated carbocycles. The Bertz CT molecular complexity index is 2230.